The molecule has 2 rings (SSSR count). The Balaban J connectivity index is 1.57. The van der Waals surface area contributed by atoms with Crippen molar-refractivity contribution < 1.29 is 24.1 Å². The van der Waals surface area contributed by atoms with Crippen LogP contribution in [0.2, 0.25) is 0 Å². The quantitative estimate of drug-likeness (QED) is 0.661. The summed E-state index contributed by atoms with van der Waals surface area (Å²) in [6, 6.07) is 10.0. The molecule has 1 fully saturated rings. The summed E-state index contributed by atoms with van der Waals surface area (Å²) in [5.74, 6) is 0. The number of benzene rings is 1. The van der Waals surface area contributed by atoms with Crippen LogP contribution in [-0.4, -0.2) is 61.2 Å². The van der Waals surface area contributed by atoms with Crippen LogP contribution < -0.4 is 0 Å². The Kier molecular flexibility index (Phi) is 8.54. The number of nitrogens with zero attached hydrogens (tertiary/aromatic N) is 1. The third-order valence-corrected chi connectivity index (χ3v) is 4.86. The van der Waals surface area contributed by atoms with Crippen LogP contribution in [0, 0.1) is 5.41 Å². The summed E-state index contributed by atoms with van der Waals surface area (Å²) in [5, 5.41) is 9.40. The zero-order valence-corrected chi connectivity index (χ0v) is 16.7. The van der Waals surface area contributed by atoms with Crippen LogP contribution in [0.1, 0.15) is 39.2 Å². The first-order valence-corrected chi connectivity index (χ1v) is 9.68. The van der Waals surface area contributed by atoms with Crippen molar-refractivity contribution in [2.45, 2.75) is 52.4 Å². The van der Waals surface area contributed by atoms with E-state index >= 15 is 0 Å². The molecule has 6 nitrogen and oxygen atoms in total. The molecule has 0 radical (unpaired) electrons. The van der Waals surface area contributed by atoms with Gasteiger partial charge in [0.15, 0.2) is 0 Å². The maximum atomic E-state index is 11.4. The maximum absolute atomic E-state index is 11.4. The van der Waals surface area contributed by atoms with Gasteiger partial charge in [-0.3, -0.25) is 0 Å². The van der Waals surface area contributed by atoms with Crippen molar-refractivity contribution in [3.05, 3.63) is 35.9 Å². The summed E-state index contributed by atoms with van der Waals surface area (Å²) in [7, 11) is 0. The molecule has 1 aliphatic heterocycles. The van der Waals surface area contributed by atoms with Crippen LogP contribution in [0.3, 0.4) is 0 Å². The fraction of sp³-hybridized carbons (Fsp3) is 0.667. The molecule has 6 heteroatoms. The third-order valence-electron chi connectivity index (χ3n) is 4.86. The number of rotatable bonds is 9. The maximum Gasteiger partial charge on any atom is 0.407 e. The standard InChI is InChI=1S/C21H33NO5/c1-21(2,3)19-15-18(9-10-22(19)20(23)24)27-14-13-25-11-12-26-16-17-7-5-4-6-8-17/h4-8,18-19H,9-16H2,1-3H3,(H,23,24). The van der Waals surface area contributed by atoms with Gasteiger partial charge in [-0.1, -0.05) is 51.1 Å². The fourth-order valence-corrected chi connectivity index (χ4v) is 3.39. The number of piperidine rings is 1. The second kappa shape index (κ2) is 10.6. The van der Waals surface area contributed by atoms with Gasteiger partial charge in [0.05, 0.1) is 39.1 Å². The van der Waals surface area contributed by atoms with E-state index in [0.29, 0.717) is 39.6 Å². The van der Waals surface area contributed by atoms with Gasteiger partial charge >= 0.3 is 6.09 Å². The van der Waals surface area contributed by atoms with Crippen LogP contribution >= 0.6 is 0 Å². The molecular formula is C21H33NO5. The Labute approximate surface area is 162 Å². The second-order valence-corrected chi connectivity index (χ2v) is 8.03. The van der Waals surface area contributed by atoms with E-state index in [2.05, 4.69) is 20.8 Å². The first-order valence-electron chi connectivity index (χ1n) is 9.68. The molecule has 1 aromatic carbocycles. The van der Waals surface area contributed by atoms with Gasteiger partial charge in [0.1, 0.15) is 0 Å². The lowest BCUT2D eigenvalue weighted by Gasteiger charge is -2.44. The largest absolute Gasteiger partial charge is 0.465 e. The summed E-state index contributed by atoms with van der Waals surface area (Å²) < 4.78 is 17.1. The molecule has 0 bridgehead atoms. The highest BCUT2D eigenvalue weighted by Crippen LogP contribution is 2.33. The SMILES string of the molecule is CC(C)(C)C1CC(OCCOCCOCc2ccccc2)CCN1C(=O)O. The minimum absolute atomic E-state index is 0.0268. The molecule has 0 saturated carbocycles. The van der Waals surface area contributed by atoms with E-state index in [0.717, 1.165) is 18.4 Å². The average molecular weight is 379 g/mol. The van der Waals surface area contributed by atoms with Gasteiger partial charge < -0.3 is 24.2 Å². The summed E-state index contributed by atoms with van der Waals surface area (Å²) in [6.07, 6.45) is 0.713. The Hall–Kier alpha value is -1.63. The van der Waals surface area contributed by atoms with Crippen molar-refractivity contribution in [3.63, 3.8) is 0 Å². The Morgan fingerprint density at radius 1 is 1.11 bits per heavy atom. The Bertz CT molecular complexity index is 557. The van der Waals surface area contributed by atoms with Gasteiger partial charge in [-0.05, 0) is 23.8 Å². The summed E-state index contributed by atoms with van der Waals surface area (Å²) >= 11 is 0. The molecule has 0 aromatic heterocycles. The molecule has 0 aliphatic carbocycles. The van der Waals surface area contributed by atoms with Gasteiger partial charge in [-0.15, -0.1) is 0 Å². The van der Waals surface area contributed by atoms with Crippen molar-refractivity contribution in [2.24, 2.45) is 5.41 Å². The number of carbonyl (C=O) groups is 1. The predicted octanol–water partition coefficient (Wildman–Crippen LogP) is 3.79. The predicted molar refractivity (Wildman–Crippen MR) is 104 cm³/mol. The van der Waals surface area contributed by atoms with E-state index in [-0.39, 0.29) is 17.6 Å². The van der Waals surface area contributed by atoms with Crippen LogP contribution in [0.5, 0.6) is 0 Å². The smallest absolute Gasteiger partial charge is 0.407 e. The number of ether oxygens (including phenoxy) is 3. The van der Waals surface area contributed by atoms with Crippen LogP contribution in [0.15, 0.2) is 30.3 Å². The fourth-order valence-electron chi connectivity index (χ4n) is 3.39. The number of amides is 1. The van der Waals surface area contributed by atoms with Crippen LogP contribution in [0.25, 0.3) is 0 Å². The minimum Gasteiger partial charge on any atom is -0.465 e. The van der Waals surface area contributed by atoms with Gasteiger partial charge in [0.25, 0.3) is 0 Å². The molecule has 1 aromatic rings. The molecule has 0 spiro atoms. The average Bonchev–Trinajstić information content (AvgIpc) is 2.63. The molecule has 152 valence electrons. The third kappa shape index (κ3) is 7.48. The molecule has 1 heterocycles. The highest BCUT2D eigenvalue weighted by atomic mass is 16.5. The van der Waals surface area contributed by atoms with E-state index < -0.39 is 6.09 Å². The zero-order chi connectivity index (χ0) is 19.7. The molecule has 2 atom stereocenters. The summed E-state index contributed by atoms with van der Waals surface area (Å²) in [4.78, 5) is 13.0. The van der Waals surface area contributed by atoms with Crippen molar-refractivity contribution in [1.82, 2.24) is 4.90 Å². The van der Waals surface area contributed by atoms with Gasteiger partial charge in [0, 0.05) is 12.6 Å². The van der Waals surface area contributed by atoms with Gasteiger partial charge in [-0.25, -0.2) is 4.79 Å². The summed E-state index contributed by atoms with van der Waals surface area (Å²) in [5.41, 5.74) is 1.05. The van der Waals surface area contributed by atoms with E-state index in [9.17, 15) is 9.90 Å². The first-order chi connectivity index (χ1) is 12.9. The number of likely N-dealkylation sites (tertiary alicyclic amines) is 1. The lowest BCUT2D eigenvalue weighted by molar-refractivity contribution is -0.0551. The van der Waals surface area contributed by atoms with E-state index in [1.165, 1.54) is 0 Å². The molecule has 1 amide bonds. The van der Waals surface area contributed by atoms with Crippen molar-refractivity contribution in [2.75, 3.05) is 33.0 Å². The van der Waals surface area contributed by atoms with Gasteiger partial charge in [-0.2, -0.15) is 0 Å². The molecule has 1 N–H and O–H groups in total. The van der Waals surface area contributed by atoms with Crippen LogP contribution in [0.4, 0.5) is 4.79 Å². The molecule has 1 aliphatic rings. The lowest BCUT2D eigenvalue weighted by Crippen LogP contribution is -2.53. The first kappa shape index (κ1) is 21.7. The summed E-state index contributed by atoms with van der Waals surface area (Å²) in [6.45, 7) is 9.49. The number of carboxylic acid groups (broad SMARTS) is 1. The topological polar surface area (TPSA) is 68.2 Å². The number of hydrogen-bond acceptors (Lipinski definition) is 4. The Morgan fingerprint density at radius 2 is 1.78 bits per heavy atom. The van der Waals surface area contributed by atoms with Gasteiger partial charge in [0.2, 0.25) is 0 Å². The van der Waals surface area contributed by atoms with E-state index in [4.69, 9.17) is 14.2 Å². The van der Waals surface area contributed by atoms with Crippen LogP contribution in [-0.2, 0) is 20.8 Å². The lowest BCUT2D eigenvalue weighted by atomic mass is 9.80. The second-order valence-electron chi connectivity index (χ2n) is 8.03. The van der Waals surface area contributed by atoms with E-state index in [1.54, 1.807) is 4.90 Å². The molecule has 27 heavy (non-hydrogen) atoms. The van der Waals surface area contributed by atoms with E-state index in [1.807, 2.05) is 30.3 Å². The normalized spacial score (nSPS) is 20.6. The minimum atomic E-state index is -0.841. The van der Waals surface area contributed by atoms with Crippen molar-refractivity contribution in [1.29, 1.82) is 0 Å². The monoisotopic (exact) mass is 379 g/mol. The molecule has 1 saturated heterocycles. The highest BCUT2D eigenvalue weighted by molar-refractivity contribution is 5.65. The Morgan fingerprint density at radius 3 is 2.44 bits per heavy atom. The molecule has 2 unspecified atom stereocenters. The van der Waals surface area contributed by atoms with Crippen molar-refractivity contribution >= 4 is 6.09 Å². The molecular weight excluding hydrogens is 346 g/mol. The van der Waals surface area contributed by atoms with Crippen molar-refractivity contribution in [3.8, 4) is 0 Å². The zero-order valence-electron chi connectivity index (χ0n) is 16.7. The highest BCUT2D eigenvalue weighted by Gasteiger charge is 2.38. The number of hydrogen-bond donors (Lipinski definition) is 1.